The van der Waals surface area contributed by atoms with Crippen LogP contribution >= 0.6 is 0 Å². The summed E-state index contributed by atoms with van der Waals surface area (Å²) in [6.45, 7) is 5.07. The lowest BCUT2D eigenvalue weighted by Gasteiger charge is -2.33. The molecule has 0 bridgehead atoms. The second kappa shape index (κ2) is 7.81. The first-order valence-corrected chi connectivity index (χ1v) is 11.0. The lowest BCUT2D eigenvalue weighted by Crippen LogP contribution is -2.48. The van der Waals surface area contributed by atoms with Crippen molar-refractivity contribution in [3.63, 3.8) is 0 Å². The zero-order valence-corrected chi connectivity index (χ0v) is 18.5. The zero-order valence-electron chi connectivity index (χ0n) is 18.5. The van der Waals surface area contributed by atoms with E-state index in [2.05, 4.69) is 10.4 Å². The molecule has 4 aromatic rings. The van der Waals surface area contributed by atoms with Crippen LogP contribution in [0, 0.1) is 0 Å². The summed E-state index contributed by atoms with van der Waals surface area (Å²) >= 11 is 0. The number of hydrogen-bond acceptors (Lipinski definition) is 4. The summed E-state index contributed by atoms with van der Waals surface area (Å²) in [5, 5.41) is 7.37. The minimum absolute atomic E-state index is 0.0678. The molecule has 0 aromatic carbocycles. The van der Waals surface area contributed by atoms with E-state index in [4.69, 9.17) is 4.98 Å². The van der Waals surface area contributed by atoms with Gasteiger partial charge in [-0.2, -0.15) is 5.10 Å². The summed E-state index contributed by atoms with van der Waals surface area (Å²) in [5.74, 6) is 0. The van der Waals surface area contributed by atoms with Crippen LogP contribution in [0.15, 0.2) is 47.5 Å². The lowest BCUT2D eigenvalue weighted by atomic mass is 10.1. The van der Waals surface area contributed by atoms with Crippen molar-refractivity contribution in [2.75, 3.05) is 13.1 Å². The fourth-order valence-electron chi connectivity index (χ4n) is 4.53. The maximum absolute atomic E-state index is 13.2. The number of hydrogen-bond donors (Lipinski definition) is 1. The molecule has 5 rings (SSSR count). The molecule has 0 saturated carbocycles. The molecule has 1 saturated heterocycles. The molecule has 9 nitrogen and oxygen atoms in total. The normalized spacial score (nSPS) is 16.9. The third-order valence-corrected chi connectivity index (χ3v) is 6.10. The SMILES string of the molecule is CC(C)NC(=O)N1CCC[C@H](n2c(=O)n(C)c3ccc(-c4cnn5ccccc45)nc32)C1. The van der Waals surface area contributed by atoms with Crippen LogP contribution in [-0.2, 0) is 7.05 Å². The number of piperidine rings is 1. The molecule has 0 spiro atoms. The molecule has 9 heteroatoms. The van der Waals surface area contributed by atoms with Crippen molar-refractivity contribution in [3.05, 3.63) is 53.2 Å². The quantitative estimate of drug-likeness (QED) is 0.538. The molecule has 0 unspecified atom stereocenters. The van der Waals surface area contributed by atoms with Crippen molar-refractivity contribution < 1.29 is 4.79 Å². The highest BCUT2D eigenvalue weighted by atomic mass is 16.2. The van der Waals surface area contributed by atoms with Gasteiger partial charge in [0.1, 0.15) is 0 Å². The van der Waals surface area contributed by atoms with E-state index in [9.17, 15) is 9.59 Å². The van der Waals surface area contributed by atoms with Gasteiger partial charge in [-0.25, -0.2) is 19.1 Å². The second-order valence-corrected chi connectivity index (χ2v) is 8.69. The van der Waals surface area contributed by atoms with Crippen molar-refractivity contribution in [3.8, 4) is 11.3 Å². The number of aromatic nitrogens is 5. The van der Waals surface area contributed by atoms with E-state index in [1.165, 1.54) is 0 Å². The van der Waals surface area contributed by atoms with Gasteiger partial charge in [0.05, 0.1) is 29.0 Å². The Balaban J connectivity index is 1.57. The number of urea groups is 1. The lowest BCUT2D eigenvalue weighted by molar-refractivity contribution is 0.164. The molecule has 1 aliphatic heterocycles. The molecule has 5 heterocycles. The highest BCUT2D eigenvalue weighted by molar-refractivity contribution is 5.82. The van der Waals surface area contributed by atoms with E-state index >= 15 is 0 Å². The molecule has 32 heavy (non-hydrogen) atoms. The van der Waals surface area contributed by atoms with Gasteiger partial charge in [-0.05, 0) is 51.0 Å². The molecule has 2 amide bonds. The summed E-state index contributed by atoms with van der Waals surface area (Å²) < 4.78 is 5.21. The van der Waals surface area contributed by atoms with E-state index < -0.39 is 0 Å². The van der Waals surface area contributed by atoms with Crippen LogP contribution in [0.25, 0.3) is 27.9 Å². The average molecular weight is 434 g/mol. The Kier molecular flexibility index (Phi) is 4.96. The number of fused-ring (bicyclic) bond motifs is 2. The van der Waals surface area contributed by atoms with E-state index in [1.807, 2.05) is 54.9 Å². The summed E-state index contributed by atoms with van der Waals surface area (Å²) in [6.07, 6.45) is 5.36. The number of likely N-dealkylation sites (tertiary alicyclic amines) is 1. The van der Waals surface area contributed by atoms with Crippen LogP contribution < -0.4 is 11.0 Å². The third kappa shape index (κ3) is 3.34. The second-order valence-electron chi connectivity index (χ2n) is 8.69. The Labute approximate surface area is 185 Å². The Hall–Kier alpha value is -3.62. The van der Waals surface area contributed by atoms with Crippen LogP contribution in [0.3, 0.4) is 0 Å². The number of carbonyl (C=O) groups is 1. The molecular formula is C23H27N7O2. The standard InChI is InChI=1S/C23H27N7O2/c1-15(2)25-22(31)28-11-6-7-16(14-28)30-21-20(27(3)23(30)32)10-9-18(26-21)17-13-24-29-12-5-4-8-19(17)29/h4-5,8-10,12-13,15-16H,6-7,11,14H2,1-3H3,(H,25,31)/t16-/m0/s1. The van der Waals surface area contributed by atoms with Crippen molar-refractivity contribution in [2.45, 2.75) is 38.8 Å². The number of rotatable bonds is 3. The van der Waals surface area contributed by atoms with E-state index in [0.29, 0.717) is 18.7 Å². The van der Waals surface area contributed by atoms with Crippen LogP contribution in [0.4, 0.5) is 4.79 Å². The van der Waals surface area contributed by atoms with Gasteiger partial charge >= 0.3 is 11.7 Å². The first-order chi connectivity index (χ1) is 15.4. The summed E-state index contributed by atoms with van der Waals surface area (Å²) in [6, 6.07) is 9.63. The zero-order chi connectivity index (χ0) is 22.4. The van der Waals surface area contributed by atoms with Crippen molar-refractivity contribution in [1.29, 1.82) is 0 Å². The van der Waals surface area contributed by atoms with Gasteiger partial charge in [-0.1, -0.05) is 6.07 Å². The van der Waals surface area contributed by atoms with Gasteiger partial charge in [0.15, 0.2) is 5.65 Å². The molecule has 1 aliphatic rings. The Morgan fingerprint density at radius 2 is 2.03 bits per heavy atom. The summed E-state index contributed by atoms with van der Waals surface area (Å²) in [7, 11) is 1.77. The highest BCUT2D eigenvalue weighted by Gasteiger charge is 2.28. The summed E-state index contributed by atoms with van der Waals surface area (Å²) in [4.78, 5) is 32.5. The smallest absolute Gasteiger partial charge is 0.330 e. The Morgan fingerprint density at radius 3 is 2.84 bits per heavy atom. The predicted octanol–water partition coefficient (Wildman–Crippen LogP) is 2.80. The monoisotopic (exact) mass is 433 g/mol. The van der Waals surface area contributed by atoms with E-state index in [-0.39, 0.29) is 23.8 Å². The molecule has 0 radical (unpaired) electrons. The molecule has 1 N–H and O–H groups in total. The topological polar surface area (TPSA) is 89.5 Å². The van der Waals surface area contributed by atoms with Gasteiger partial charge < -0.3 is 10.2 Å². The number of amides is 2. The van der Waals surface area contributed by atoms with Crippen molar-refractivity contribution in [2.24, 2.45) is 7.05 Å². The van der Waals surface area contributed by atoms with E-state index in [1.54, 1.807) is 27.3 Å². The maximum Gasteiger partial charge on any atom is 0.330 e. The number of nitrogens with zero attached hydrogens (tertiary/aromatic N) is 6. The molecule has 1 fully saturated rings. The Morgan fingerprint density at radius 1 is 1.19 bits per heavy atom. The third-order valence-electron chi connectivity index (χ3n) is 6.10. The first-order valence-electron chi connectivity index (χ1n) is 11.0. The predicted molar refractivity (Wildman–Crippen MR) is 123 cm³/mol. The van der Waals surface area contributed by atoms with E-state index in [0.717, 1.165) is 35.1 Å². The fraction of sp³-hybridized carbons (Fsp3) is 0.391. The summed E-state index contributed by atoms with van der Waals surface area (Å²) in [5.41, 5.74) is 3.94. The van der Waals surface area contributed by atoms with Gasteiger partial charge in [0, 0.05) is 37.9 Å². The first kappa shape index (κ1) is 20.3. The minimum atomic E-state index is -0.121. The fourth-order valence-corrected chi connectivity index (χ4v) is 4.53. The van der Waals surface area contributed by atoms with Crippen molar-refractivity contribution >= 4 is 22.7 Å². The highest BCUT2D eigenvalue weighted by Crippen LogP contribution is 2.28. The Bertz CT molecular complexity index is 1360. The number of nitrogens with one attached hydrogen (secondary N) is 1. The number of aryl methyl sites for hydroxylation is 1. The number of pyridine rings is 2. The van der Waals surface area contributed by atoms with Gasteiger partial charge in [0.25, 0.3) is 0 Å². The van der Waals surface area contributed by atoms with Crippen LogP contribution in [-0.4, -0.2) is 53.8 Å². The maximum atomic E-state index is 13.2. The van der Waals surface area contributed by atoms with Gasteiger partial charge in [-0.3, -0.25) is 9.13 Å². The van der Waals surface area contributed by atoms with Crippen LogP contribution in [0.2, 0.25) is 0 Å². The average Bonchev–Trinajstić information content (AvgIpc) is 3.32. The number of carbonyl (C=O) groups excluding carboxylic acids is 1. The van der Waals surface area contributed by atoms with Gasteiger partial charge in [0.2, 0.25) is 0 Å². The van der Waals surface area contributed by atoms with Crippen LogP contribution in [0.5, 0.6) is 0 Å². The minimum Gasteiger partial charge on any atom is -0.336 e. The van der Waals surface area contributed by atoms with Crippen LogP contribution in [0.1, 0.15) is 32.7 Å². The molecule has 4 aromatic heterocycles. The molecular weight excluding hydrogens is 406 g/mol. The van der Waals surface area contributed by atoms with Crippen molar-refractivity contribution in [1.82, 2.24) is 33.9 Å². The molecule has 166 valence electrons. The molecule has 0 aliphatic carbocycles. The van der Waals surface area contributed by atoms with Gasteiger partial charge in [-0.15, -0.1) is 0 Å². The number of imidazole rings is 1. The molecule has 1 atom stereocenters. The largest absolute Gasteiger partial charge is 0.336 e.